The lowest BCUT2D eigenvalue weighted by Crippen LogP contribution is -2.03. The molecule has 0 saturated heterocycles. The van der Waals surface area contributed by atoms with Crippen molar-refractivity contribution >= 4 is 29.2 Å². The minimum absolute atomic E-state index is 0.299. The van der Waals surface area contributed by atoms with Gasteiger partial charge in [-0.2, -0.15) is 0 Å². The van der Waals surface area contributed by atoms with E-state index in [0.29, 0.717) is 6.61 Å². The molecule has 0 unspecified atom stereocenters. The molecule has 0 N–H and O–H groups in total. The van der Waals surface area contributed by atoms with E-state index >= 15 is 0 Å². The van der Waals surface area contributed by atoms with Crippen LogP contribution in [0.5, 0.6) is 0 Å². The fourth-order valence-corrected chi connectivity index (χ4v) is 2.79. The van der Waals surface area contributed by atoms with Crippen molar-refractivity contribution in [1.82, 2.24) is 4.98 Å². The Hall–Kier alpha value is -3.27. The molecule has 136 valence electrons. The van der Waals surface area contributed by atoms with Gasteiger partial charge < -0.3 is 4.74 Å². The zero-order valence-electron chi connectivity index (χ0n) is 15.3. The normalized spacial score (nSPS) is 12.3. The average Bonchev–Trinajstić information content (AvgIpc) is 2.73. The number of fused-ring (bicyclic) bond motifs is 2. The van der Waals surface area contributed by atoms with Gasteiger partial charge in [0, 0.05) is 30.4 Å². The van der Waals surface area contributed by atoms with E-state index in [2.05, 4.69) is 28.2 Å². The van der Waals surface area contributed by atoms with E-state index in [1.807, 2.05) is 48.8 Å². The van der Waals surface area contributed by atoms with Crippen LogP contribution in [-0.4, -0.2) is 30.3 Å². The number of carbonyl (C=O) groups is 1. The van der Waals surface area contributed by atoms with Gasteiger partial charge in [0.25, 0.3) is 0 Å². The quantitative estimate of drug-likeness (QED) is 0.513. The standard InChI is InChI=1S/C14H15NO2.C9H7N/c1-2-17-14(16)6-4-11-3-5-13-10-15-8-7-12(13)9-11;1-2-6-9-8(4-1)5-3-7-10-9/h3-6,9-10H,2,7-8H2,1H3;1-7H/b6-4+;. The summed E-state index contributed by atoms with van der Waals surface area (Å²) < 4.78 is 4.83. The number of hydrogen-bond acceptors (Lipinski definition) is 4. The Morgan fingerprint density at radius 3 is 2.85 bits per heavy atom. The minimum atomic E-state index is -0.299. The molecule has 1 aliphatic heterocycles. The van der Waals surface area contributed by atoms with Gasteiger partial charge in [-0.05, 0) is 48.2 Å². The molecule has 0 atom stereocenters. The number of para-hydroxylation sites is 1. The van der Waals surface area contributed by atoms with Crippen LogP contribution < -0.4 is 0 Å². The van der Waals surface area contributed by atoms with Gasteiger partial charge >= 0.3 is 5.97 Å². The highest BCUT2D eigenvalue weighted by Gasteiger charge is 2.05. The van der Waals surface area contributed by atoms with E-state index in [0.717, 1.165) is 24.0 Å². The molecular weight excluding hydrogens is 336 g/mol. The molecule has 0 radical (unpaired) electrons. The lowest BCUT2D eigenvalue weighted by Gasteiger charge is -2.09. The van der Waals surface area contributed by atoms with Gasteiger partial charge in [-0.1, -0.05) is 42.5 Å². The topological polar surface area (TPSA) is 51.5 Å². The molecule has 4 nitrogen and oxygen atoms in total. The predicted molar refractivity (Wildman–Crippen MR) is 110 cm³/mol. The summed E-state index contributed by atoms with van der Waals surface area (Å²) in [6.45, 7) is 3.05. The van der Waals surface area contributed by atoms with Crippen LogP contribution in [-0.2, 0) is 16.0 Å². The number of aromatic nitrogens is 1. The Labute approximate surface area is 159 Å². The first kappa shape index (κ1) is 18.5. The molecule has 0 bridgehead atoms. The van der Waals surface area contributed by atoms with Gasteiger partial charge in [-0.3, -0.25) is 9.98 Å². The van der Waals surface area contributed by atoms with Crippen molar-refractivity contribution in [3.05, 3.63) is 83.6 Å². The van der Waals surface area contributed by atoms with E-state index in [-0.39, 0.29) is 5.97 Å². The summed E-state index contributed by atoms with van der Waals surface area (Å²) in [6.07, 6.45) is 7.92. The average molecular weight is 358 g/mol. The first-order chi connectivity index (χ1) is 13.3. The molecule has 2 heterocycles. The highest BCUT2D eigenvalue weighted by atomic mass is 16.5. The number of aliphatic imine (C=N–C) groups is 1. The number of carbonyl (C=O) groups excluding carboxylic acids is 1. The summed E-state index contributed by atoms with van der Waals surface area (Å²) in [4.78, 5) is 19.6. The molecular formula is C23H22N2O2. The van der Waals surface area contributed by atoms with E-state index in [1.165, 1.54) is 22.6 Å². The van der Waals surface area contributed by atoms with Gasteiger partial charge in [0.1, 0.15) is 0 Å². The van der Waals surface area contributed by atoms with Crippen LogP contribution in [0.25, 0.3) is 17.0 Å². The fourth-order valence-electron chi connectivity index (χ4n) is 2.79. The maximum atomic E-state index is 11.2. The minimum Gasteiger partial charge on any atom is -0.463 e. The molecule has 2 aromatic carbocycles. The van der Waals surface area contributed by atoms with Crippen LogP contribution >= 0.6 is 0 Å². The highest BCUT2D eigenvalue weighted by molar-refractivity contribution is 5.88. The summed E-state index contributed by atoms with van der Waals surface area (Å²) >= 11 is 0. The number of pyridine rings is 1. The molecule has 0 fully saturated rings. The monoisotopic (exact) mass is 358 g/mol. The van der Waals surface area contributed by atoms with Crippen LogP contribution in [0, 0.1) is 0 Å². The zero-order chi connectivity index (χ0) is 18.9. The maximum absolute atomic E-state index is 11.2. The summed E-state index contributed by atoms with van der Waals surface area (Å²) in [5.74, 6) is -0.299. The number of nitrogens with zero attached hydrogens (tertiary/aromatic N) is 2. The fraction of sp³-hybridized carbons (Fsp3) is 0.174. The second kappa shape index (κ2) is 9.43. The Morgan fingerprint density at radius 1 is 1.15 bits per heavy atom. The third kappa shape index (κ3) is 5.35. The van der Waals surface area contributed by atoms with E-state index in [1.54, 1.807) is 13.0 Å². The van der Waals surface area contributed by atoms with Crippen molar-refractivity contribution in [2.45, 2.75) is 13.3 Å². The second-order valence-electron chi connectivity index (χ2n) is 6.03. The zero-order valence-corrected chi connectivity index (χ0v) is 15.3. The van der Waals surface area contributed by atoms with Gasteiger partial charge in [0.05, 0.1) is 12.1 Å². The lowest BCUT2D eigenvalue weighted by atomic mass is 10.00. The Balaban J connectivity index is 0.000000177. The first-order valence-electron chi connectivity index (χ1n) is 9.03. The van der Waals surface area contributed by atoms with Crippen molar-refractivity contribution in [2.75, 3.05) is 13.2 Å². The molecule has 0 saturated carbocycles. The van der Waals surface area contributed by atoms with Crippen LogP contribution in [0.1, 0.15) is 23.6 Å². The summed E-state index contributed by atoms with van der Waals surface area (Å²) in [7, 11) is 0. The molecule has 3 aromatic rings. The Kier molecular flexibility index (Phi) is 6.47. The Bertz CT molecular complexity index is 912. The summed E-state index contributed by atoms with van der Waals surface area (Å²) in [5.41, 5.74) is 4.53. The van der Waals surface area contributed by atoms with Crippen molar-refractivity contribution in [3.63, 3.8) is 0 Å². The molecule has 1 aromatic heterocycles. The number of rotatable bonds is 3. The number of benzene rings is 2. The molecule has 27 heavy (non-hydrogen) atoms. The third-order valence-electron chi connectivity index (χ3n) is 4.12. The van der Waals surface area contributed by atoms with Crippen LogP contribution in [0.4, 0.5) is 0 Å². The van der Waals surface area contributed by atoms with Crippen LogP contribution in [0.15, 0.2) is 71.9 Å². The van der Waals surface area contributed by atoms with Crippen LogP contribution in [0.2, 0.25) is 0 Å². The van der Waals surface area contributed by atoms with Crippen molar-refractivity contribution in [2.24, 2.45) is 4.99 Å². The summed E-state index contributed by atoms with van der Waals surface area (Å²) in [5, 5.41) is 1.20. The van der Waals surface area contributed by atoms with Crippen LogP contribution in [0.3, 0.4) is 0 Å². The number of ether oxygens (including phenoxy) is 1. The van der Waals surface area contributed by atoms with Gasteiger partial charge in [0.15, 0.2) is 0 Å². The molecule has 0 spiro atoms. The third-order valence-corrected chi connectivity index (χ3v) is 4.12. The maximum Gasteiger partial charge on any atom is 0.330 e. The molecule has 0 amide bonds. The van der Waals surface area contributed by atoms with Crippen molar-refractivity contribution in [1.29, 1.82) is 0 Å². The molecule has 4 heteroatoms. The second-order valence-corrected chi connectivity index (χ2v) is 6.03. The van der Waals surface area contributed by atoms with Gasteiger partial charge in [0.2, 0.25) is 0 Å². The largest absolute Gasteiger partial charge is 0.463 e. The van der Waals surface area contributed by atoms with Gasteiger partial charge in [-0.25, -0.2) is 4.79 Å². The molecule has 1 aliphatic rings. The number of hydrogen-bond donors (Lipinski definition) is 0. The molecule has 0 aliphatic carbocycles. The molecule has 4 rings (SSSR count). The predicted octanol–water partition coefficient (Wildman–Crippen LogP) is 4.47. The van der Waals surface area contributed by atoms with Crippen molar-refractivity contribution in [3.8, 4) is 0 Å². The van der Waals surface area contributed by atoms with E-state index in [9.17, 15) is 4.79 Å². The van der Waals surface area contributed by atoms with E-state index < -0.39 is 0 Å². The van der Waals surface area contributed by atoms with Gasteiger partial charge in [-0.15, -0.1) is 0 Å². The first-order valence-corrected chi connectivity index (χ1v) is 9.03. The highest BCUT2D eigenvalue weighted by Crippen LogP contribution is 2.15. The summed E-state index contributed by atoms with van der Waals surface area (Å²) in [6, 6.07) is 18.2. The Morgan fingerprint density at radius 2 is 2.00 bits per heavy atom. The van der Waals surface area contributed by atoms with E-state index in [4.69, 9.17) is 4.74 Å². The smallest absolute Gasteiger partial charge is 0.330 e. The number of esters is 1. The van der Waals surface area contributed by atoms with Crippen molar-refractivity contribution < 1.29 is 9.53 Å². The lowest BCUT2D eigenvalue weighted by molar-refractivity contribution is -0.137. The SMILES string of the molecule is CCOC(=O)/C=C/c1ccc2c(c1)CCN=C2.c1ccc2ncccc2c1.